The van der Waals surface area contributed by atoms with Crippen LogP contribution in [0.4, 0.5) is 11.5 Å². The maximum Gasteiger partial charge on any atom is 0.229 e. The second-order valence-corrected chi connectivity index (χ2v) is 11.4. The van der Waals surface area contributed by atoms with Crippen molar-refractivity contribution < 1.29 is 14.3 Å². The van der Waals surface area contributed by atoms with Gasteiger partial charge in [-0.25, -0.2) is 9.97 Å². The molecule has 10 nitrogen and oxygen atoms in total. The first-order chi connectivity index (χ1) is 21.9. The van der Waals surface area contributed by atoms with Crippen molar-refractivity contribution in [2.24, 2.45) is 0 Å². The SMILES string of the molecule is Cc1c(Nc2nccc3cc(CN4CC[C@@H](O)C4)cnc23)cccc1-c1nccc(-c2nc3cc(C=O)cc(C#N)c3o2)c1Cl. The molecule has 0 aliphatic carbocycles. The van der Waals surface area contributed by atoms with Crippen LogP contribution in [0, 0.1) is 18.3 Å². The molecule has 0 bridgehead atoms. The van der Waals surface area contributed by atoms with Gasteiger partial charge >= 0.3 is 0 Å². The highest BCUT2D eigenvalue weighted by molar-refractivity contribution is 6.35. The molecule has 1 aliphatic rings. The van der Waals surface area contributed by atoms with E-state index in [-0.39, 0.29) is 23.1 Å². The zero-order valence-corrected chi connectivity index (χ0v) is 24.9. The monoisotopic (exact) mass is 615 g/mol. The van der Waals surface area contributed by atoms with E-state index >= 15 is 0 Å². The predicted octanol–water partition coefficient (Wildman–Crippen LogP) is 6.46. The maximum atomic E-state index is 11.4. The number of aliphatic hydroxyl groups excluding tert-OH is 1. The van der Waals surface area contributed by atoms with Gasteiger partial charge in [-0.1, -0.05) is 23.7 Å². The van der Waals surface area contributed by atoms with Crippen LogP contribution in [0.15, 0.2) is 71.5 Å². The van der Waals surface area contributed by atoms with E-state index in [1.165, 1.54) is 6.07 Å². The standard InChI is InChI=1S/C34H26ClN7O3/c1-19-25(31-29(35)26(6-9-37-31)34-41-28-13-20(18-43)11-23(14-36)32(28)45-34)3-2-4-27(19)40-33-30-22(5-8-38-33)12-21(15-39-30)16-42-10-7-24(44)17-42/h2-6,8-9,11-13,15,18,24,44H,7,10,16-17H2,1H3,(H,38,40)/t24-/m1/s1. The molecular formula is C34H26ClN7O3. The molecule has 0 amide bonds. The number of halogens is 1. The van der Waals surface area contributed by atoms with Gasteiger partial charge in [0.2, 0.25) is 5.89 Å². The van der Waals surface area contributed by atoms with E-state index < -0.39 is 0 Å². The number of anilines is 2. The fourth-order valence-corrected chi connectivity index (χ4v) is 6.06. The average molecular weight is 616 g/mol. The molecular weight excluding hydrogens is 590 g/mol. The number of aldehydes is 1. The Bertz CT molecular complexity index is 2160. The van der Waals surface area contributed by atoms with Gasteiger partial charge in [0.1, 0.15) is 23.4 Å². The Morgan fingerprint density at radius 1 is 1.16 bits per heavy atom. The van der Waals surface area contributed by atoms with Gasteiger partial charge in [0.25, 0.3) is 0 Å². The number of carbonyl (C=O) groups excluding carboxylic acids is 1. The summed E-state index contributed by atoms with van der Waals surface area (Å²) in [5.74, 6) is 0.842. The highest BCUT2D eigenvalue weighted by atomic mass is 35.5. The van der Waals surface area contributed by atoms with Gasteiger partial charge in [-0.05, 0) is 60.9 Å². The largest absolute Gasteiger partial charge is 0.435 e. The number of aliphatic hydroxyl groups is 1. The third-order valence-electron chi connectivity index (χ3n) is 8.04. The molecule has 2 N–H and O–H groups in total. The first-order valence-electron chi connectivity index (χ1n) is 14.4. The Labute approximate surface area is 263 Å². The molecule has 6 aromatic rings. The van der Waals surface area contributed by atoms with E-state index in [9.17, 15) is 15.2 Å². The molecule has 222 valence electrons. The van der Waals surface area contributed by atoms with Crippen LogP contribution in [0.3, 0.4) is 0 Å². The number of nitrogens with one attached hydrogen (secondary N) is 1. The third kappa shape index (κ3) is 5.38. The lowest BCUT2D eigenvalue weighted by atomic mass is 10.0. The fourth-order valence-electron chi connectivity index (χ4n) is 5.77. The Balaban J connectivity index is 1.21. The zero-order valence-electron chi connectivity index (χ0n) is 24.2. The lowest BCUT2D eigenvalue weighted by molar-refractivity contribution is 0.112. The van der Waals surface area contributed by atoms with Crippen LogP contribution in [0.5, 0.6) is 0 Å². The van der Waals surface area contributed by atoms with Crippen LogP contribution in [-0.4, -0.2) is 55.4 Å². The molecule has 7 rings (SSSR count). The Morgan fingerprint density at radius 3 is 2.82 bits per heavy atom. The number of pyridine rings is 3. The molecule has 0 unspecified atom stereocenters. The summed E-state index contributed by atoms with van der Waals surface area (Å²) in [6.45, 7) is 4.27. The number of rotatable bonds is 7. The first-order valence-corrected chi connectivity index (χ1v) is 14.8. The normalized spacial score (nSPS) is 15.0. The van der Waals surface area contributed by atoms with Crippen molar-refractivity contribution in [2.75, 3.05) is 18.4 Å². The fraction of sp³-hybridized carbons (Fsp3) is 0.176. The number of fused-ring (bicyclic) bond motifs is 2. The summed E-state index contributed by atoms with van der Waals surface area (Å²) >= 11 is 6.94. The Morgan fingerprint density at radius 2 is 2.02 bits per heavy atom. The van der Waals surface area contributed by atoms with Crippen molar-refractivity contribution in [2.45, 2.75) is 26.0 Å². The van der Waals surface area contributed by atoms with Gasteiger partial charge in [0.05, 0.1) is 27.9 Å². The number of likely N-dealkylation sites (tertiary alicyclic amines) is 1. The van der Waals surface area contributed by atoms with Crippen LogP contribution in [0.25, 0.3) is 44.7 Å². The van der Waals surface area contributed by atoms with E-state index in [0.29, 0.717) is 46.0 Å². The lowest BCUT2D eigenvalue weighted by Crippen LogP contribution is -2.21. The maximum absolute atomic E-state index is 11.4. The summed E-state index contributed by atoms with van der Waals surface area (Å²) in [4.78, 5) is 32.0. The number of carbonyl (C=O) groups is 1. The summed E-state index contributed by atoms with van der Waals surface area (Å²) in [6.07, 6.45) is 6.45. The number of nitrogens with zero attached hydrogens (tertiary/aromatic N) is 6. The Kier molecular flexibility index (Phi) is 7.43. The summed E-state index contributed by atoms with van der Waals surface area (Å²) < 4.78 is 5.97. The number of hydrogen-bond donors (Lipinski definition) is 2. The van der Waals surface area contributed by atoms with Crippen LogP contribution in [0.1, 0.15) is 33.5 Å². The van der Waals surface area contributed by atoms with Gasteiger partial charge in [-0.2, -0.15) is 5.26 Å². The number of benzene rings is 2. The highest BCUT2D eigenvalue weighted by Crippen LogP contribution is 2.39. The van der Waals surface area contributed by atoms with Crippen molar-refractivity contribution >= 4 is 51.4 Å². The molecule has 0 saturated carbocycles. The van der Waals surface area contributed by atoms with Crippen LogP contribution < -0.4 is 5.32 Å². The first kappa shape index (κ1) is 28.6. The number of aromatic nitrogens is 4. The smallest absolute Gasteiger partial charge is 0.229 e. The molecule has 0 spiro atoms. The summed E-state index contributed by atoms with van der Waals surface area (Å²) in [7, 11) is 0. The molecule has 1 aliphatic heterocycles. The van der Waals surface area contributed by atoms with Crippen molar-refractivity contribution in [1.82, 2.24) is 24.8 Å². The molecule has 11 heteroatoms. The summed E-state index contributed by atoms with van der Waals surface area (Å²) in [5.41, 5.74) is 6.60. The highest BCUT2D eigenvalue weighted by Gasteiger charge is 2.22. The van der Waals surface area contributed by atoms with Gasteiger partial charge in [0, 0.05) is 60.4 Å². The molecule has 5 heterocycles. The Hall–Kier alpha value is -5.21. The molecule has 45 heavy (non-hydrogen) atoms. The molecule has 4 aromatic heterocycles. The topological polar surface area (TPSA) is 141 Å². The second-order valence-electron chi connectivity index (χ2n) is 11.0. The van der Waals surface area contributed by atoms with Gasteiger partial charge < -0.3 is 14.8 Å². The second kappa shape index (κ2) is 11.7. The van der Waals surface area contributed by atoms with Crippen LogP contribution in [0.2, 0.25) is 5.02 Å². The van der Waals surface area contributed by atoms with E-state index in [0.717, 1.165) is 52.8 Å². The number of oxazole rings is 1. The van der Waals surface area contributed by atoms with Crippen molar-refractivity contribution in [3.63, 3.8) is 0 Å². The van der Waals surface area contributed by atoms with Crippen molar-refractivity contribution in [3.05, 3.63) is 94.4 Å². The minimum Gasteiger partial charge on any atom is -0.435 e. The van der Waals surface area contributed by atoms with Crippen LogP contribution >= 0.6 is 11.6 Å². The molecule has 2 aromatic carbocycles. The van der Waals surface area contributed by atoms with Gasteiger partial charge in [0.15, 0.2) is 11.4 Å². The quantitative estimate of drug-likeness (QED) is 0.192. The lowest BCUT2D eigenvalue weighted by Gasteiger charge is -2.16. The van der Waals surface area contributed by atoms with Gasteiger partial charge in [-0.15, -0.1) is 0 Å². The van der Waals surface area contributed by atoms with Crippen molar-refractivity contribution in [3.8, 4) is 28.8 Å². The van der Waals surface area contributed by atoms with E-state index in [1.54, 1.807) is 24.5 Å². The van der Waals surface area contributed by atoms with Crippen LogP contribution in [-0.2, 0) is 6.54 Å². The number of β-amino-alcohol motifs (C(OH)–C–C–N with tert-alkyl or cyclic N) is 1. The molecule has 1 fully saturated rings. The van der Waals surface area contributed by atoms with E-state index in [4.69, 9.17) is 21.0 Å². The minimum atomic E-state index is -0.262. The minimum absolute atomic E-state index is 0.215. The zero-order chi connectivity index (χ0) is 31.1. The van der Waals surface area contributed by atoms with E-state index in [2.05, 4.69) is 37.3 Å². The molecule has 1 atom stereocenters. The predicted molar refractivity (Wildman–Crippen MR) is 171 cm³/mol. The third-order valence-corrected chi connectivity index (χ3v) is 8.42. The van der Waals surface area contributed by atoms with Gasteiger partial charge in [-0.3, -0.25) is 19.7 Å². The van der Waals surface area contributed by atoms with Crippen molar-refractivity contribution in [1.29, 1.82) is 5.26 Å². The summed E-state index contributed by atoms with van der Waals surface area (Å²) in [6, 6.07) is 16.7. The number of nitriles is 1. The van der Waals surface area contributed by atoms with E-state index in [1.807, 2.05) is 37.4 Å². The summed E-state index contributed by atoms with van der Waals surface area (Å²) in [5, 5.41) is 24.2. The number of hydrogen-bond acceptors (Lipinski definition) is 10. The molecule has 1 saturated heterocycles. The average Bonchev–Trinajstić information content (AvgIpc) is 3.67. The molecule has 0 radical (unpaired) electrons.